The number of nitrogens with one attached hydrogen (secondary N) is 1. The largest absolute Gasteiger partial charge is 0.367 e. The summed E-state index contributed by atoms with van der Waals surface area (Å²) in [7, 11) is 0. The SMILES string of the molecule is CCC(C)CC(C#N)(CC)Nc1ccccc1C. The van der Waals surface area contributed by atoms with Gasteiger partial charge in [-0.3, -0.25) is 0 Å². The van der Waals surface area contributed by atoms with Crippen LogP contribution in [0.5, 0.6) is 0 Å². The Morgan fingerprint density at radius 3 is 2.50 bits per heavy atom. The minimum atomic E-state index is -0.443. The van der Waals surface area contributed by atoms with E-state index in [0.29, 0.717) is 5.92 Å². The average molecular weight is 244 g/mol. The van der Waals surface area contributed by atoms with Crippen molar-refractivity contribution >= 4 is 5.69 Å². The third kappa shape index (κ3) is 3.50. The zero-order valence-electron chi connectivity index (χ0n) is 12.0. The monoisotopic (exact) mass is 244 g/mol. The van der Waals surface area contributed by atoms with Crippen LogP contribution in [0.25, 0.3) is 0 Å². The molecule has 1 rings (SSSR count). The Bertz CT molecular complexity index is 419. The smallest absolute Gasteiger partial charge is 0.125 e. The van der Waals surface area contributed by atoms with E-state index in [1.54, 1.807) is 0 Å². The van der Waals surface area contributed by atoms with Crippen molar-refractivity contribution < 1.29 is 0 Å². The first kappa shape index (κ1) is 14.6. The average Bonchev–Trinajstić information content (AvgIpc) is 2.40. The van der Waals surface area contributed by atoms with Crippen molar-refractivity contribution in [3.63, 3.8) is 0 Å². The predicted octanol–water partition coefficient (Wildman–Crippen LogP) is 4.52. The maximum Gasteiger partial charge on any atom is 0.125 e. The fourth-order valence-electron chi connectivity index (χ4n) is 2.15. The molecule has 0 saturated carbocycles. The molecule has 0 aliphatic rings. The Morgan fingerprint density at radius 2 is 2.00 bits per heavy atom. The van der Waals surface area contributed by atoms with Crippen LogP contribution in [0.15, 0.2) is 24.3 Å². The van der Waals surface area contributed by atoms with E-state index in [0.717, 1.165) is 24.9 Å². The molecule has 2 nitrogen and oxygen atoms in total. The van der Waals surface area contributed by atoms with Gasteiger partial charge in [-0.05, 0) is 37.3 Å². The molecule has 1 aromatic rings. The molecular formula is C16H24N2. The summed E-state index contributed by atoms with van der Waals surface area (Å²) in [6.45, 7) is 8.54. The number of aryl methyl sites for hydroxylation is 1. The number of para-hydroxylation sites is 1. The third-order valence-electron chi connectivity index (χ3n) is 3.73. The standard InChI is InChI=1S/C16H24N2/c1-5-13(3)11-16(6-2,12-17)18-15-10-8-7-9-14(15)4/h7-10,13,18H,5-6,11H2,1-4H3. The Balaban J connectivity index is 2.93. The number of anilines is 1. The highest BCUT2D eigenvalue weighted by atomic mass is 15.0. The Hall–Kier alpha value is -1.49. The van der Waals surface area contributed by atoms with Gasteiger partial charge in [0.2, 0.25) is 0 Å². The predicted molar refractivity (Wildman–Crippen MR) is 77.5 cm³/mol. The second-order valence-corrected chi connectivity index (χ2v) is 5.20. The van der Waals surface area contributed by atoms with Crippen LogP contribution in [0.4, 0.5) is 5.69 Å². The maximum atomic E-state index is 9.56. The number of benzene rings is 1. The molecule has 1 N–H and O–H groups in total. The molecule has 0 heterocycles. The Labute approximate surface area is 111 Å². The minimum Gasteiger partial charge on any atom is -0.367 e. The zero-order valence-corrected chi connectivity index (χ0v) is 12.0. The number of nitrogens with zero attached hydrogens (tertiary/aromatic N) is 1. The van der Waals surface area contributed by atoms with Crippen molar-refractivity contribution in [1.82, 2.24) is 0 Å². The van der Waals surface area contributed by atoms with E-state index in [4.69, 9.17) is 0 Å². The molecule has 0 amide bonds. The van der Waals surface area contributed by atoms with E-state index >= 15 is 0 Å². The van der Waals surface area contributed by atoms with Gasteiger partial charge in [0.05, 0.1) is 6.07 Å². The summed E-state index contributed by atoms with van der Waals surface area (Å²) < 4.78 is 0. The molecule has 0 aliphatic heterocycles. The summed E-state index contributed by atoms with van der Waals surface area (Å²) in [5.74, 6) is 0.557. The summed E-state index contributed by atoms with van der Waals surface area (Å²) in [6.07, 6.45) is 2.83. The lowest BCUT2D eigenvalue weighted by atomic mass is 9.85. The summed E-state index contributed by atoms with van der Waals surface area (Å²) in [4.78, 5) is 0. The number of rotatable bonds is 6. The van der Waals surface area contributed by atoms with Crippen molar-refractivity contribution in [2.75, 3.05) is 5.32 Å². The topological polar surface area (TPSA) is 35.8 Å². The van der Waals surface area contributed by atoms with Crippen LogP contribution in [0.3, 0.4) is 0 Å². The van der Waals surface area contributed by atoms with Crippen LogP contribution >= 0.6 is 0 Å². The van der Waals surface area contributed by atoms with Crippen LogP contribution in [-0.4, -0.2) is 5.54 Å². The van der Waals surface area contributed by atoms with Crippen molar-refractivity contribution in [3.8, 4) is 6.07 Å². The quantitative estimate of drug-likeness (QED) is 0.798. The van der Waals surface area contributed by atoms with E-state index in [2.05, 4.69) is 45.1 Å². The van der Waals surface area contributed by atoms with Crippen LogP contribution in [0.2, 0.25) is 0 Å². The maximum absolute atomic E-state index is 9.56. The summed E-state index contributed by atoms with van der Waals surface area (Å²) in [5.41, 5.74) is 1.82. The van der Waals surface area contributed by atoms with Gasteiger partial charge < -0.3 is 5.32 Å². The molecule has 18 heavy (non-hydrogen) atoms. The summed E-state index contributed by atoms with van der Waals surface area (Å²) >= 11 is 0. The van der Waals surface area contributed by atoms with Crippen LogP contribution in [-0.2, 0) is 0 Å². The molecule has 0 spiro atoms. The lowest BCUT2D eigenvalue weighted by Crippen LogP contribution is -2.38. The molecule has 0 aromatic heterocycles. The Morgan fingerprint density at radius 1 is 1.33 bits per heavy atom. The first-order valence-electron chi connectivity index (χ1n) is 6.82. The first-order valence-corrected chi connectivity index (χ1v) is 6.82. The van der Waals surface area contributed by atoms with Crippen molar-refractivity contribution in [2.24, 2.45) is 5.92 Å². The second kappa shape index (κ2) is 6.44. The molecule has 0 aliphatic carbocycles. The molecule has 0 fully saturated rings. The highest BCUT2D eigenvalue weighted by Gasteiger charge is 2.29. The van der Waals surface area contributed by atoms with Gasteiger partial charge in [-0.15, -0.1) is 0 Å². The lowest BCUT2D eigenvalue weighted by molar-refractivity contribution is 0.404. The molecule has 1 aromatic carbocycles. The van der Waals surface area contributed by atoms with Gasteiger partial charge in [0.25, 0.3) is 0 Å². The van der Waals surface area contributed by atoms with Gasteiger partial charge in [0.15, 0.2) is 0 Å². The van der Waals surface area contributed by atoms with E-state index in [-0.39, 0.29) is 0 Å². The molecule has 98 valence electrons. The van der Waals surface area contributed by atoms with Crippen molar-refractivity contribution in [3.05, 3.63) is 29.8 Å². The van der Waals surface area contributed by atoms with Gasteiger partial charge in [0.1, 0.15) is 5.54 Å². The minimum absolute atomic E-state index is 0.443. The first-order chi connectivity index (χ1) is 8.56. The van der Waals surface area contributed by atoms with E-state index in [1.165, 1.54) is 5.56 Å². The normalized spacial score (nSPS) is 15.5. The van der Waals surface area contributed by atoms with Crippen molar-refractivity contribution in [1.29, 1.82) is 5.26 Å². The Kier molecular flexibility index (Phi) is 5.22. The van der Waals surface area contributed by atoms with Gasteiger partial charge >= 0.3 is 0 Å². The van der Waals surface area contributed by atoms with Gasteiger partial charge in [-0.2, -0.15) is 5.26 Å². The zero-order chi connectivity index (χ0) is 13.6. The fraction of sp³-hybridized carbons (Fsp3) is 0.562. The fourth-order valence-corrected chi connectivity index (χ4v) is 2.15. The number of hydrogen-bond donors (Lipinski definition) is 1. The van der Waals surface area contributed by atoms with E-state index in [1.807, 2.05) is 18.2 Å². The summed E-state index contributed by atoms with van der Waals surface area (Å²) in [6, 6.07) is 10.7. The highest BCUT2D eigenvalue weighted by molar-refractivity contribution is 5.53. The van der Waals surface area contributed by atoms with E-state index < -0.39 is 5.54 Å². The summed E-state index contributed by atoms with van der Waals surface area (Å²) in [5, 5.41) is 13.0. The number of hydrogen-bond acceptors (Lipinski definition) is 2. The van der Waals surface area contributed by atoms with E-state index in [9.17, 15) is 5.26 Å². The molecule has 0 bridgehead atoms. The molecule has 0 saturated heterocycles. The van der Waals surface area contributed by atoms with Crippen LogP contribution < -0.4 is 5.32 Å². The highest BCUT2D eigenvalue weighted by Crippen LogP contribution is 2.28. The second-order valence-electron chi connectivity index (χ2n) is 5.20. The lowest BCUT2D eigenvalue weighted by Gasteiger charge is -2.31. The van der Waals surface area contributed by atoms with Gasteiger partial charge in [0, 0.05) is 5.69 Å². The van der Waals surface area contributed by atoms with Gasteiger partial charge in [-0.25, -0.2) is 0 Å². The molecule has 2 atom stereocenters. The molecular weight excluding hydrogens is 220 g/mol. The molecule has 2 unspecified atom stereocenters. The number of nitriles is 1. The van der Waals surface area contributed by atoms with Crippen LogP contribution in [0, 0.1) is 24.2 Å². The molecule has 0 radical (unpaired) electrons. The van der Waals surface area contributed by atoms with Gasteiger partial charge in [-0.1, -0.05) is 45.4 Å². The third-order valence-corrected chi connectivity index (χ3v) is 3.73. The molecule has 2 heteroatoms. The van der Waals surface area contributed by atoms with Crippen molar-refractivity contribution in [2.45, 2.75) is 52.5 Å². The van der Waals surface area contributed by atoms with Crippen LogP contribution in [0.1, 0.15) is 45.6 Å².